The van der Waals surface area contributed by atoms with Crippen molar-refractivity contribution in [1.29, 1.82) is 0 Å². The number of carbonyl (C=O) groups is 8. The highest BCUT2D eigenvalue weighted by molar-refractivity contribution is 8.00. The number of unbranched alkanes of at least 4 members (excludes halogenated alkanes) is 6. The van der Waals surface area contributed by atoms with Crippen LogP contribution < -0.4 is 38.1 Å². The number of aliphatic imine (C=N–C) groups is 2. The van der Waals surface area contributed by atoms with Crippen molar-refractivity contribution < 1.29 is 66.9 Å². The topological polar surface area (TPSA) is 363 Å². The number of thioether (sulfide) groups is 2. The summed E-state index contributed by atoms with van der Waals surface area (Å²) in [4.78, 5) is 114. The molecular formula is C61H93N13O14S2. The number of guanidine groups is 2. The molecule has 27 nitrogen and oxygen atoms in total. The summed E-state index contributed by atoms with van der Waals surface area (Å²) < 4.78 is 29.4. The minimum absolute atomic E-state index is 0.0272. The number of rotatable bonds is 48. The molecule has 0 radical (unpaired) electrons. The quantitative estimate of drug-likeness (QED) is 0.0370. The normalized spacial score (nSPS) is 19.9. The summed E-state index contributed by atoms with van der Waals surface area (Å²) in [6, 6.07) is 6.38. The number of carbonyl (C=O) groups excluding carboxylic acids is 8. The van der Waals surface area contributed by atoms with Crippen molar-refractivity contribution in [3.63, 3.8) is 0 Å². The molecule has 6 unspecified atom stereocenters. The van der Waals surface area contributed by atoms with E-state index in [9.17, 15) is 38.4 Å². The third-order valence-electron chi connectivity index (χ3n) is 15.7. The fourth-order valence-electron chi connectivity index (χ4n) is 11.0. The number of amides is 5. The highest BCUT2D eigenvalue weighted by atomic mass is 32.2. The fourth-order valence-corrected chi connectivity index (χ4v) is 14.1. The van der Waals surface area contributed by atoms with Crippen LogP contribution in [-0.2, 0) is 88.1 Å². The van der Waals surface area contributed by atoms with Gasteiger partial charge in [0.05, 0.1) is 109 Å². The molecule has 90 heavy (non-hydrogen) atoms. The Morgan fingerprint density at radius 1 is 0.567 bits per heavy atom. The van der Waals surface area contributed by atoms with Gasteiger partial charge >= 0.3 is 5.97 Å². The predicted molar refractivity (Wildman–Crippen MR) is 338 cm³/mol. The number of ether oxygens (including phenoxy) is 5. The molecule has 0 bridgehead atoms. The van der Waals surface area contributed by atoms with Crippen molar-refractivity contribution in [2.75, 3.05) is 90.6 Å². The maximum Gasteiger partial charge on any atom is 0.335 e. The van der Waals surface area contributed by atoms with Crippen LogP contribution in [0.5, 0.6) is 0 Å². The van der Waals surface area contributed by atoms with Gasteiger partial charge < -0.3 is 66.6 Å². The number of nitrogens with two attached hydrogens (primary N) is 2. The highest BCUT2D eigenvalue weighted by Gasteiger charge is 2.41. The summed E-state index contributed by atoms with van der Waals surface area (Å²) in [5, 5.41) is 25.1. The molecule has 498 valence electrons. The number of imide groups is 1. The Morgan fingerprint density at radius 2 is 1.08 bits per heavy atom. The van der Waals surface area contributed by atoms with Gasteiger partial charge in [0.1, 0.15) is 17.3 Å². The molecule has 6 heterocycles. The van der Waals surface area contributed by atoms with Gasteiger partial charge in [-0.15, -0.1) is 10.2 Å². The number of hydroxylamine groups is 2. The zero-order chi connectivity index (χ0) is 63.7. The Balaban J connectivity index is 0.732. The van der Waals surface area contributed by atoms with Gasteiger partial charge in [0, 0.05) is 98.6 Å². The molecule has 7 rings (SSSR count). The molecular weight excluding hydrogens is 1200 g/mol. The smallest absolute Gasteiger partial charge is 0.335 e. The highest BCUT2D eigenvalue weighted by Crippen LogP contribution is 2.36. The maximum atomic E-state index is 13.6. The van der Waals surface area contributed by atoms with E-state index in [1.807, 2.05) is 29.6 Å². The largest absolute Gasteiger partial charge is 0.378 e. The number of hydrogen-bond acceptors (Lipinski definition) is 24. The minimum Gasteiger partial charge on any atom is -0.378 e. The lowest BCUT2D eigenvalue weighted by Crippen LogP contribution is -2.38. The number of benzene rings is 1. The Kier molecular flexibility index (Phi) is 31.6. The number of aromatic nitrogens is 3. The van der Waals surface area contributed by atoms with Gasteiger partial charge in [-0.1, -0.05) is 37.0 Å². The molecule has 1 aromatic heterocycles. The number of ketones is 2. The molecule has 5 amide bonds. The van der Waals surface area contributed by atoms with E-state index >= 15 is 0 Å². The summed E-state index contributed by atoms with van der Waals surface area (Å²) in [7, 11) is 0. The Morgan fingerprint density at radius 3 is 1.62 bits per heavy atom. The first-order chi connectivity index (χ1) is 43.8. The summed E-state index contributed by atoms with van der Waals surface area (Å²) in [5.74, 6) is 1.07. The van der Waals surface area contributed by atoms with Crippen molar-refractivity contribution in [3.05, 3.63) is 46.8 Å². The molecule has 1 aromatic carbocycles. The van der Waals surface area contributed by atoms with E-state index in [1.54, 1.807) is 23.0 Å². The Labute approximate surface area is 535 Å². The third kappa shape index (κ3) is 26.2. The molecule has 29 heteroatoms. The molecule has 0 spiro atoms. The molecule has 5 aliphatic rings. The van der Waals surface area contributed by atoms with Crippen LogP contribution in [0.2, 0.25) is 0 Å². The zero-order valence-electron chi connectivity index (χ0n) is 51.8. The van der Waals surface area contributed by atoms with Gasteiger partial charge in [-0.2, -0.15) is 23.5 Å². The van der Waals surface area contributed by atoms with Gasteiger partial charge in [-0.25, -0.2) is 19.5 Å². The molecule has 0 saturated carbocycles. The van der Waals surface area contributed by atoms with E-state index in [4.69, 9.17) is 40.0 Å². The van der Waals surface area contributed by atoms with Crippen LogP contribution in [0.3, 0.4) is 0 Å². The fraction of sp³-hybridized carbons (Fsp3) is 0.705. The van der Waals surface area contributed by atoms with Crippen molar-refractivity contribution in [2.45, 2.75) is 183 Å². The van der Waals surface area contributed by atoms with E-state index in [-0.39, 0.29) is 106 Å². The summed E-state index contributed by atoms with van der Waals surface area (Å²) in [6.45, 7) is 4.54. The third-order valence-corrected chi connectivity index (χ3v) is 18.7. The van der Waals surface area contributed by atoms with E-state index in [0.717, 1.165) is 75.7 Å². The zero-order valence-corrected chi connectivity index (χ0v) is 53.4. The minimum atomic E-state index is -0.724. The number of nitrogens with one attached hydrogen (secondary N) is 5. The van der Waals surface area contributed by atoms with E-state index in [2.05, 4.69) is 46.9 Å². The molecule has 9 N–H and O–H groups in total. The second-order valence-corrected chi connectivity index (χ2v) is 25.6. The SMILES string of the molecule is NC1=NC2C(CSC2CCCCC(=O)NCCCCCC(=O)Cc2cc(CC(=O)CCCCCNC(=O)CCCCC3SCC4NC(N)=NC43)cc(C(=O)NCCOCc3cn(CCOCCOCCOCCOCCC(=O)ON4C(=O)CCC4=O)nn3)c2)N1. The molecule has 3 fully saturated rings. The van der Waals surface area contributed by atoms with Gasteiger partial charge in [0.25, 0.3) is 17.7 Å². The van der Waals surface area contributed by atoms with Gasteiger partial charge in [0.15, 0.2) is 11.9 Å². The summed E-state index contributed by atoms with van der Waals surface area (Å²) in [6.07, 6.45) is 13.7. The number of fused-ring (bicyclic) bond motifs is 2. The Hall–Kier alpha value is -6.24. The molecule has 3 saturated heterocycles. The number of hydrogen-bond donors (Lipinski definition) is 7. The lowest BCUT2D eigenvalue weighted by molar-refractivity contribution is -0.198. The van der Waals surface area contributed by atoms with Crippen molar-refractivity contribution in [3.8, 4) is 0 Å². The van der Waals surface area contributed by atoms with Crippen molar-refractivity contribution >= 4 is 82.5 Å². The lowest BCUT2D eigenvalue weighted by Gasteiger charge is -2.14. The number of nitrogens with zero attached hydrogens (tertiary/aromatic N) is 6. The van der Waals surface area contributed by atoms with E-state index in [0.29, 0.717) is 160 Å². The van der Waals surface area contributed by atoms with E-state index < -0.39 is 17.8 Å². The second-order valence-electron chi connectivity index (χ2n) is 23.1. The summed E-state index contributed by atoms with van der Waals surface area (Å²) >= 11 is 3.85. The first kappa shape index (κ1) is 71.2. The van der Waals surface area contributed by atoms with Gasteiger partial charge in [-0.3, -0.25) is 33.6 Å². The first-order valence-electron chi connectivity index (χ1n) is 32.0. The van der Waals surface area contributed by atoms with Crippen LogP contribution in [-0.4, -0.2) is 204 Å². The van der Waals surface area contributed by atoms with Crippen molar-refractivity contribution in [2.24, 2.45) is 21.5 Å². The predicted octanol–water partition coefficient (Wildman–Crippen LogP) is 2.53. The van der Waals surface area contributed by atoms with Crippen molar-refractivity contribution in [1.82, 2.24) is 46.6 Å². The van der Waals surface area contributed by atoms with Gasteiger partial charge in [-0.05, 0) is 74.6 Å². The van der Waals surface area contributed by atoms with E-state index in [1.165, 1.54) is 0 Å². The standard InChI is InChI=1S/C61H93N13O14S2/c62-60-67-48-40-89-50(57(48)69-60)13-5-7-15-52(77)64-20-9-1-3-11-46(75)36-42-33-43(37-47(76)12-4-2-10-21-65-53(78)16-8-6-14-51-58-49(41-90-51)68-61(63)70-58)35-44(34-42)59(82)66-22-25-87-39-45-38-73(72-71-45)23-26-84-28-30-86-32-31-85-29-27-83-24-19-56(81)88-74-54(79)17-18-55(74)80/h33-35,38,48-51,57-58H,1-32,36-37,39-41H2,(H,64,77)(H,65,78)(H,66,82)(H3,62,67,69)(H3,63,68,70). The maximum absolute atomic E-state index is 13.6. The van der Waals surface area contributed by atoms with Crippen LogP contribution in [0.1, 0.15) is 149 Å². The lowest BCUT2D eigenvalue weighted by atomic mass is 9.96. The molecule has 2 aromatic rings. The van der Waals surface area contributed by atoms with Crippen LogP contribution in [0.15, 0.2) is 34.4 Å². The summed E-state index contributed by atoms with van der Waals surface area (Å²) in [5.41, 5.74) is 14.0. The van der Waals surface area contributed by atoms with Crippen LogP contribution in [0.4, 0.5) is 0 Å². The second kappa shape index (κ2) is 39.9. The monoisotopic (exact) mass is 1300 g/mol. The number of Topliss-reactive ketones (excluding diaryl/α,β-unsaturated/α-hetero) is 2. The molecule has 5 aliphatic heterocycles. The first-order valence-corrected chi connectivity index (χ1v) is 34.1. The molecule has 6 atom stereocenters. The van der Waals surface area contributed by atoms with Gasteiger partial charge in [0.2, 0.25) is 11.8 Å². The Bertz CT molecular complexity index is 2600. The van der Waals surface area contributed by atoms with Crippen LogP contribution in [0, 0.1) is 0 Å². The average molecular weight is 1300 g/mol. The average Bonchev–Trinajstić information content (AvgIpc) is 3.43. The van der Waals surface area contributed by atoms with Crippen LogP contribution in [0.25, 0.3) is 0 Å². The molecule has 0 aliphatic carbocycles. The van der Waals surface area contributed by atoms with Crippen LogP contribution >= 0.6 is 23.5 Å².